The van der Waals surface area contributed by atoms with Gasteiger partial charge in [0.1, 0.15) is 6.04 Å². The van der Waals surface area contributed by atoms with Crippen molar-refractivity contribution in [3.63, 3.8) is 0 Å². The Morgan fingerprint density at radius 3 is 2.68 bits per heavy atom. The number of likely N-dealkylation sites (tertiary alicyclic amines) is 1. The summed E-state index contributed by atoms with van der Waals surface area (Å²) >= 11 is 0. The lowest BCUT2D eigenvalue weighted by atomic mass is 10.1. The van der Waals surface area contributed by atoms with Crippen molar-refractivity contribution in [3.8, 4) is 5.75 Å². The van der Waals surface area contributed by atoms with Crippen molar-refractivity contribution >= 4 is 17.6 Å². The molecule has 0 aliphatic carbocycles. The first-order valence-electron chi connectivity index (χ1n) is 6.70. The highest BCUT2D eigenvalue weighted by Gasteiger charge is 2.35. The highest BCUT2D eigenvalue weighted by atomic mass is 16.6. The maximum atomic E-state index is 12.5. The lowest BCUT2D eigenvalue weighted by molar-refractivity contribution is -0.385. The Kier molecular flexibility index (Phi) is 4.59. The Morgan fingerprint density at radius 2 is 2.09 bits per heavy atom. The van der Waals surface area contributed by atoms with E-state index in [0.717, 1.165) is 6.07 Å². The van der Waals surface area contributed by atoms with E-state index in [-0.39, 0.29) is 17.0 Å². The second-order valence-corrected chi connectivity index (χ2v) is 4.82. The summed E-state index contributed by atoms with van der Waals surface area (Å²) in [5, 5.41) is 11.0. The van der Waals surface area contributed by atoms with Gasteiger partial charge in [0.2, 0.25) is 0 Å². The minimum Gasteiger partial charge on any atom is -0.490 e. The molecule has 0 bridgehead atoms. The number of hydrogen-bond donors (Lipinski definition) is 0. The fourth-order valence-corrected chi connectivity index (χ4v) is 2.52. The van der Waals surface area contributed by atoms with Gasteiger partial charge < -0.3 is 14.4 Å². The van der Waals surface area contributed by atoms with Gasteiger partial charge in [-0.25, -0.2) is 4.79 Å². The molecular weight excluding hydrogens is 292 g/mol. The van der Waals surface area contributed by atoms with E-state index in [2.05, 4.69) is 4.74 Å². The third-order valence-electron chi connectivity index (χ3n) is 3.61. The van der Waals surface area contributed by atoms with Crippen LogP contribution in [0.3, 0.4) is 0 Å². The quantitative estimate of drug-likeness (QED) is 0.473. The van der Waals surface area contributed by atoms with Gasteiger partial charge in [0.15, 0.2) is 5.75 Å². The van der Waals surface area contributed by atoms with Crippen LogP contribution < -0.4 is 4.74 Å². The minimum atomic E-state index is -0.640. The van der Waals surface area contributed by atoms with Crippen LogP contribution in [0.1, 0.15) is 23.2 Å². The molecule has 1 atom stereocenters. The molecule has 0 N–H and O–H groups in total. The number of carbonyl (C=O) groups excluding carboxylic acids is 2. The summed E-state index contributed by atoms with van der Waals surface area (Å²) in [4.78, 5) is 36.0. The van der Waals surface area contributed by atoms with E-state index in [4.69, 9.17) is 4.74 Å². The van der Waals surface area contributed by atoms with Crippen molar-refractivity contribution in [3.05, 3.63) is 33.9 Å². The van der Waals surface area contributed by atoms with Crippen LogP contribution in [-0.2, 0) is 9.53 Å². The first-order valence-corrected chi connectivity index (χ1v) is 6.70. The maximum Gasteiger partial charge on any atom is 0.328 e. The lowest BCUT2D eigenvalue weighted by Crippen LogP contribution is -2.41. The topological polar surface area (TPSA) is 99.0 Å². The fraction of sp³-hybridized carbons (Fsp3) is 0.429. The molecule has 1 aliphatic rings. The van der Waals surface area contributed by atoms with E-state index in [0.29, 0.717) is 19.4 Å². The van der Waals surface area contributed by atoms with Crippen molar-refractivity contribution in [2.24, 2.45) is 0 Å². The Morgan fingerprint density at radius 1 is 1.36 bits per heavy atom. The Hall–Kier alpha value is -2.64. The van der Waals surface area contributed by atoms with Gasteiger partial charge in [-0.05, 0) is 25.0 Å². The molecule has 0 saturated carbocycles. The number of rotatable bonds is 4. The maximum absolute atomic E-state index is 12.5. The summed E-state index contributed by atoms with van der Waals surface area (Å²) in [5.74, 6) is -0.833. The predicted octanol–water partition coefficient (Wildman–Crippen LogP) is 1.38. The Balaban J connectivity index is 2.31. The van der Waals surface area contributed by atoms with Gasteiger partial charge in [-0.3, -0.25) is 14.9 Å². The van der Waals surface area contributed by atoms with E-state index in [1.165, 1.54) is 31.3 Å². The third-order valence-corrected chi connectivity index (χ3v) is 3.61. The Bertz CT molecular complexity index is 615. The van der Waals surface area contributed by atoms with Crippen LogP contribution in [0.5, 0.6) is 5.75 Å². The zero-order chi connectivity index (χ0) is 16.3. The zero-order valence-corrected chi connectivity index (χ0v) is 12.3. The zero-order valence-electron chi connectivity index (χ0n) is 12.3. The molecule has 1 aromatic carbocycles. The summed E-state index contributed by atoms with van der Waals surface area (Å²) in [6.07, 6.45) is 1.21. The molecule has 8 heteroatoms. The van der Waals surface area contributed by atoms with Crippen molar-refractivity contribution in [1.29, 1.82) is 0 Å². The second kappa shape index (κ2) is 6.42. The van der Waals surface area contributed by atoms with E-state index in [1.54, 1.807) is 0 Å². The first kappa shape index (κ1) is 15.7. The smallest absolute Gasteiger partial charge is 0.328 e. The summed E-state index contributed by atoms with van der Waals surface area (Å²) < 4.78 is 9.59. The van der Waals surface area contributed by atoms with Crippen molar-refractivity contribution in [2.45, 2.75) is 18.9 Å². The molecule has 1 aliphatic heterocycles. The minimum absolute atomic E-state index is 0.0764. The summed E-state index contributed by atoms with van der Waals surface area (Å²) in [7, 11) is 2.58. The molecule has 0 spiro atoms. The second-order valence-electron chi connectivity index (χ2n) is 4.82. The van der Waals surface area contributed by atoms with E-state index < -0.39 is 22.8 Å². The summed E-state index contributed by atoms with van der Waals surface area (Å²) in [6.45, 7) is 0.415. The van der Waals surface area contributed by atoms with Crippen LogP contribution >= 0.6 is 0 Å². The average Bonchev–Trinajstić information content (AvgIpc) is 3.02. The summed E-state index contributed by atoms with van der Waals surface area (Å²) in [5.41, 5.74) is -0.148. The number of benzene rings is 1. The molecule has 1 fully saturated rings. The first-order chi connectivity index (χ1) is 10.5. The van der Waals surface area contributed by atoms with E-state index in [9.17, 15) is 19.7 Å². The number of ether oxygens (including phenoxy) is 2. The number of amides is 1. The van der Waals surface area contributed by atoms with Crippen LogP contribution in [0.15, 0.2) is 18.2 Å². The molecule has 1 unspecified atom stereocenters. The standard InChI is InChI=1S/C14H16N2O6/c1-21-12-6-5-9(8-11(12)16(19)20)13(17)15-7-3-4-10(15)14(18)22-2/h5-6,8,10H,3-4,7H2,1-2H3. The fourth-order valence-electron chi connectivity index (χ4n) is 2.52. The number of nitrogens with zero attached hydrogens (tertiary/aromatic N) is 2. The molecule has 118 valence electrons. The molecule has 1 amide bonds. The average molecular weight is 308 g/mol. The van der Waals surface area contributed by atoms with Gasteiger partial charge in [0.25, 0.3) is 5.91 Å². The van der Waals surface area contributed by atoms with Crippen LogP contribution in [0.25, 0.3) is 0 Å². The van der Waals surface area contributed by atoms with Crippen LogP contribution in [0.4, 0.5) is 5.69 Å². The number of nitro benzene ring substituents is 1. The molecule has 22 heavy (non-hydrogen) atoms. The predicted molar refractivity (Wildman–Crippen MR) is 75.7 cm³/mol. The highest BCUT2D eigenvalue weighted by Crippen LogP contribution is 2.29. The molecule has 8 nitrogen and oxygen atoms in total. The molecule has 2 rings (SSSR count). The van der Waals surface area contributed by atoms with Crippen LogP contribution in [0.2, 0.25) is 0 Å². The van der Waals surface area contributed by atoms with Gasteiger partial charge in [0, 0.05) is 18.2 Å². The van der Waals surface area contributed by atoms with Gasteiger partial charge in [-0.1, -0.05) is 0 Å². The molecular formula is C14H16N2O6. The van der Waals surface area contributed by atoms with Crippen molar-refractivity contribution in [1.82, 2.24) is 4.90 Å². The number of nitro groups is 1. The third kappa shape index (κ3) is 2.85. The number of carbonyl (C=O) groups is 2. The molecule has 1 aromatic rings. The highest BCUT2D eigenvalue weighted by molar-refractivity contribution is 5.98. The van der Waals surface area contributed by atoms with Gasteiger partial charge in [0.05, 0.1) is 19.1 Å². The van der Waals surface area contributed by atoms with Gasteiger partial charge in [-0.15, -0.1) is 0 Å². The van der Waals surface area contributed by atoms with E-state index in [1.807, 2.05) is 0 Å². The number of esters is 1. The largest absolute Gasteiger partial charge is 0.490 e. The van der Waals surface area contributed by atoms with Gasteiger partial charge in [-0.2, -0.15) is 0 Å². The van der Waals surface area contributed by atoms with Crippen LogP contribution in [0, 0.1) is 10.1 Å². The molecule has 0 aromatic heterocycles. The monoisotopic (exact) mass is 308 g/mol. The van der Waals surface area contributed by atoms with Crippen molar-refractivity contribution in [2.75, 3.05) is 20.8 Å². The molecule has 1 saturated heterocycles. The number of methoxy groups -OCH3 is 2. The summed E-state index contributed by atoms with van der Waals surface area (Å²) in [6, 6.07) is 3.34. The normalized spacial score (nSPS) is 17.2. The van der Waals surface area contributed by atoms with Crippen molar-refractivity contribution < 1.29 is 24.0 Å². The van der Waals surface area contributed by atoms with Gasteiger partial charge >= 0.3 is 11.7 Å². The molecule has 1 heterocycles. The van der Waals surface area contributed by atoms with Crippen LogP contribution in [-0.4, -0.2) is 48.5 Å². The number of hydrogen-bond acceptors (Lipinski definition) is 6. The lowest BCUT2D eigenvalue weighted by Gasteiger charge is -2.22. The van der Waals surface area contributed by atoms with E-state index >= 15 is 0 Å². The molecule has 0 radical (unpaired) electrons. The Labute approximate surface area is 126 Å². The SMILES string of the molecule is COC(=O)C1CCCN1C(=O)c1ccc(OC)c([N+](=O)[O-])c1.